The number of hydrogen-bond donors (Lipinski definition) is 1. The molecule has 0 saturated heterocycles. The summed E-state index contributed by atoms with van der Waals surface area (Å²) in [5.74, 6) is -1.40. The predicted molar refractivity (Wildman–Crippen MR) is 113 cm³/mol. The highest BCUT2D eigenvalue weighted by Crippen LogP contribution is 2.34. The van der Waals surface area contributed by atoms with E-state index in [9.17, 15) is 22.7 Å². The van der Waals surface area contributed by atoms with Gasteiger partial charge in [-0.15, -0.1) is 0 Å². The molecule has 1 aliphatic carbocycles. The average molecular weight is 430 g/mol. The number of nitrogens with zero attached hydrogens (tertiary/aromatic N) is 1. The van der Waals surface area contributed by atoms with E-state index in [1.54, 1.807) is 41.8 Å². The second-order valence-corrected chi connectivity index (χ2v) is 10.1. The number of fused-ring (bicyclic) bond motifs is 1. The Balaban J connectivity index is 1.84. The first-order valence-corrected chi connectivity index (χ1v) is 11.6. The number of carboxylic acids is 1. The molecule has 2 aromatic carbocycles. The van der Waals surface area contributed by atoms with Crippen LogP contribution in [0.3, 0.4) is 0 Å². The molecule has 3 aromatic rings. The highest BCUT2D eigenvalue weighted by Gasteiger charge is 2.32. The van der Waals surface area contributed by atoms with E-state index in [0.717, 1.165) is 18.4 Å². The molecule has 0 aliphatic heterocycles. The van der Waals surface area contributed by atoms with Gasteiger partial charge in [0.2, 0.25) is 0 Å². The van der Waals surface area contributed by atoms with Crippen molar-refractivity contribution in [2.45, 2.75) is 55.7 Å². The molecule has 1 saturated carbocycles. The van der Waals surface area contributed by atoms with Gasteiger partial charge in [0.1, 0.15) is 12.4 Å². The number of aromatic nitrogens is 1. The number of benzene rings is 2. The lowest BCUT2D eigenvalue weighted by Crippen LogP contribution is -2.19. The van der Waals surface area contributed by atoms with Crippen LogP contribution in [-0.2, 0) is 27.6 Å². The van der Waals surface area contributed by atoms with Gasteiger partial charge in [-0.1, -0.05) is 31.0 Å². The Bertz CT molecular complexity index is 1220. The molecule has 1 heterocycles. The van der Waals surface area contributed by atoms with Crippen LogP contribution in [0.5, 0.6) is 0 Å². The topological polar surface area (TPSA) is 76.4 Å². The molecule has 1 fully saturated rings. The van der Waals surface area contributed by atoms with E-state index in [1.807, 2.05) is 0 Å². The first-order chi connectivity index (χ1) is 14.3. The van der Waals surface area contributed by atoms with Gasteiger partial charge in [0.25, 0.3) is 0 Å². The minimum Gasteiger partial charge on any atom is -0.480 e. The number of sulfone groups is 1. The number of rotatable bonds is 6. The van der Waals surface area contributed by atoms with Gasteiger partial charge in [-0.25, -0.2) is 12.8 Å². The molecular formula is C23H24FNO4S. The Hall–Kier alpha value is -2.67. The third-order valence-electron chi connectivity index (χ3n) is 6.10. The lowest BCUT2D eigenvalue weighted by atomic mass is 10.0. The zero-order valence-corrected chi connectivity index (χ0v) is 17.6. The maximum atomic E-state index is 14.0. The first-order valence-electron chi connectivity index (χ1n) is 10.1. The normalized spacial score (nSPS) is 15.1. The van der Waals surface area contributed by atoms with E-state index < -0.39 is 21.6 Å². The van der Waals surface area contributed by atoms with E-state index in [2.05, 4.69) is 0 Å². The maximum absolute atomic E-state index is 14.0. The van der Waals surface area contributed by atoms with Crippen LogP contribution in [0, 0.1) is 12.7 Å². The lowest BCUT2D eigenvalue weighted by Gasteiger charge is -2.15. The highest BCUT2D eigenvalue weighted by atomic mass is 32.2. The van der Waals surface area contributed by atoms with Crippen molar-refractivity contribution in [2.24, 2.45) is 0 Å². The molecule has 1 aromatic heterocycles. The summed E-state index contributed by atoms with van der Waals surface area (Å²) in [4.78, 5) is 11.7. The molecule has 4 rings (SSSR count). The highest BCUT2D eigenvalue weighted by molar-refractivity contribution is 7.92. The fourth-order valence-corrected chi connectivity index (χ4v) is 6.67. The molecule has 0 radical (unpaired) electrons. The Morgan fingerprint density at radius 1 is 1.17 bits per heavy atom. The number of carboxylic acid groups (broad SMARTS) is 1. The van der Waals surface area contributed by atoms with Crippen LogP contribution >= 0.6 is 0 Å². The lowest BCUT2D eigenvalue weighted by molar-refractivity contribution is -0.137. The number of carbonyl (C=O) groups is 1. The van der Waals surface area contributed by atoms with Crippen molar-refractivity contribution in [3.63, 3.8) is 0 Å². The van der Waals surface area contributed by atoms with E-state index in [-0.39, 0.29) is 11.8 Å². The summed E-state index contributed by atoms with van der Waals surface area (Å²) in [7, 11) is -3.45. The van der Waals surface area contributed by atoms with Crippen LogP contribution in [0.4, 0.5) is 4.39 Å². The van der Waals surface area contributed by atoms with Gasteiger partial charge in [0.05, 0.1) is 10.1 Å². The van der Waals surface area contributed by atoms with E-state index >= 15 is 0 Å². The zero-order valence-electron chi connectivity index (χ0n) is 16.8. The summed E-state index contributed by atoms with van der Waals surface area (Å²) in [6, 6.07) is 11.2. The minimum atomic E-state index is -3.45. The Labute approximate surface area is 175 Å². The Morgan fingerprint density at radius 2 is 1.87 bits per heavy atom. The SMILES string of the molecule is Cc1c(Cc2ccccc2S(=O)(=O)C2CCCC2)c2cc(F)ccc2n1CC(=O)O. The smallest absolute Gasteiger partial charge is 0.323 e. The third-order valence-corrected chi connectivity index (χ3v) is 8.46. The van der Waals surface area contributed by atoms with Crippen molar-refractivity contribution in [3.8, 4) is 0 Å². The molecule has 5 nitrogen and oxygen atoms in total. The van der Waals surface area contributed by atoms with E-state index in [0.29, 0.717) is 46.3 Å². The molecule has 0 amide bonds. The van der Waals surface area contributed by atoms with Gasteiger partial charge in [-0.2, -0.15) is 0 Å². The van der Waals surface area contributed by atoms with Gasteiger partial charge in [-0.3, -0.25) is 4.79 Å². The van der Waals surface area contributed by atoms with Crippen LogP contribution in [0.1, 0.15) is 42.5 Å². The molecule has 30 heavy (non-hydrogen) atoms. The summed E-state index contributed by atoms with van der Waals surface area (Å²) in [5, 5.41) is 9.56. The summed E-state index contributed by atoms with van der Waals surface area (Å²) in [6.07, 6.45) is 3.50. The second kappa shape index (κ2) is 7.87. The third kappa shape index (κ3) is 3.62. The van der Waals surface area contributed by atoms with Crippen LogP contribution in [0.15, 0.2) is 47.4 Å². The monoisotopic (exact) mass is 429 g/mol. The largest absolute Gasteiger partial charge is 0.480 e. The molecule has 7 heteroatoms. The van der Waals surface area contributed by atoms with E-state index in [1.165, 1.54) is 12.1 Å². The Morgan fingerprint density at radius 3 is 2.57 bits per heavy atom. The molecule has 0 bridgehead atoms. The molecule has 1 aliphatic rings. The minimum absolute atomic E-state index is 0.240. The van der Waals surface area contributed by atoms with Gasteiger partial charge < -0.3 is 9.67 Å². The van der Waals surface area contributed by atoms with Gasteiger partial charge in [0.15, 0.2) is 9.84 Å². The molecule has 0 spiro atoms. The van der Waals surface area contributed by atoms with Crippen LogP contribution in [0.2, 0.25) is 0 Å². The van der Waals surface area contributed by atoms with Crippen molar-refractivity contribution in [1.82, 2.24) is 4.57 Å². The fourth-order valence-electron chi connectivity index (χ4n) is 4.58. The van der Waals surface area contributed by atoms with Gasteiger partial charge in [-0.05, 0) is 55.2 Å². The number of aliphatic carboxylic acids is 1. The van der Waals surface area contributed by atoms with E-state index in [4.69, 9.17) is 0 Å². The van der Waals surface area contributed by atoms with Crippen LogP contribution < -0.4 is 0 Å². The number of halogens is 1. The zero-order chi connectivity index (χ0) is 21.5. The maximum Gasteiger partial charge on any atom is 0.323 e. The van der Waals surface area contributed by atoms with Gasteiger partial charge in [0, 0.05) is 23.0 Å². The van der Waals surface area contributed by atoms with Gasteiger partial charge >= 0.3 is 5.97 Å². The first kappa shape index (κ1) is 20.6. The van der Waals surface area contributed by atoms with Crippen molar-refractivity contribution in [1.29, 1.82) is 0 Å². The molecular weight excluding hydrogens is 405 g/mol. The molecule has 0 unspecified atom stereocenters. The van der Waals surface area contributed by atoms with Crippen molar-refractivity contribution < 1.29 is 22.7 Å². The summed E-state index contributed by atoms with van der Waals surface area (Å²) in [6.45, 7) is 1.56. The fraction of sp³-hybridized carbons (Fsp3) is 0.348. The predicted octanol–water partition coefficient (Wildman–Crippen LogP) is 4.48. The summed E-state index contributed by atoms with van der Waals surface area (Å²) >= 11 is 0. The quantitative estimate of drug-likeness (QED) is 0.627. The second-order valence-electron chi connectivity index (χ2n) is 7.94. The Kier molecular flexibility index (Phi) is 5.40. The van der Waals surface area contributed by atoms with Crippen molar-refractivity contribution >= 4 is 26.7 Å². The van der Waals surface area contributed by atoms with Crippen LogP contribution in [0.25, 0.3) is 10.9 Å². The molecule has 1 N–H and O–H groups in total. The molecule has 0 atom stereocenters. The van der Waals surface area contributed by atoms with Crippen molar-refractivity contribution in [3.05, 3.63) is 65.1 Å². The summed E-state index contributed by atoms with van der Waals surface area (Å²) in [5.41, 5.74) is 2.74. The van der Waals surface area contributed by atoms with Crippen LogP contribution in [-0.4, -0.2) is 29.3 Å². The number of hydrogen-bond acceptors (Lipinski definition) is 3. The average Bonchev–Trinajstić information content (AvgIpc) is 3.32. The molecule has 158 valence electrons. The van der Waals surface area contributed by atoms with Crippen molar-refractivity contribution in [2.75, 3.05) is 0 Å². The summed E-state index contributed by atoms with van der Waals surface area (Å²) < 4.78 is 42.2. The standard InChI is InChI=1S/C23H24FNO4S/c1-15-19(20-13-17(24)10-11-21(20)25(15)14-23(26)27)12-16-6-2-5-9-22(16)30(28,29)18-7-3-4-8-18/h2,5-6,9-11,13,18H,3-4,7-8,12,14H2,1H3,(H,26,27).